The van der Waals surface area contributed by atoms with E-state index in [0.29, 0.717) is 31.4 Å². The monoisotopic (exact) mass is 1230 g/mol. The van der Waals surface area contributed by atoms with Crippen molar-refractivity contribution in [3.05, 3.63) is 35.9 Å². The number of guanidine groups is 2. The number of hydrogen-bond acceptors (Lipinski definition) is 16. The van der Waals surface area contributed by atoms with Crippen LogP contribution in [0.15, 0.2) is 40.3 Å². The standard InChI is InChI=1S/C55H94N18O14/c1-7-31(6)44(53(86)87)73-48(81)34(17-11-12-22-56)66-41(75)28-65-46(79)37(25-29(2)3)69-50(83)38(26-32-15-9-8-10-16-32)70-51(84)39(27-40(58)74)71-52(85)43(30(4)5)72-49(82)36(19-14-24-64-55(61)62)68-47(80)35(18-13-23-63-54(59)60)67-45(78)33(57)20-21-42(76)77/h8-10,15-16,29-31,33-39,43-44H,7,11-14,17-28,56-57H2,1-6H3,(H2,58,74)(H,65,79)(H,66,75)(H,67,78)(H,68,80)(H,69,83)(H,70,84)(H,71,85)(H,72,82)(H,73,81)(H,76,77)(H,86,87)(H4,59,60,63)(H4,61,62,64)/t31-,33-,34-,35-,36-,37-,38-,39-,43-,44-/m0/s1. The van der Waals surface area contributed by atoms with Gasteiger partial charge in [-0.15, -0.1) is 0 Å². The van der Waals surface area contributed by atoms with Gasteiger partial charge in [-0.1, -0.05) is 78.3 Å². The lowest BCUT2D eigenvalue weighted by atomic mass is 9.98. The fourth-order valence-electron chi connectivity index (χ4n) is 8.51. The maximum atomic E-state index is 14.4. The van der Waals surface area contributed by atoms with Gasteiger partial charge >= 0.3 is 11.9 Å². The third-order valence-electron chi connectivity index (χ3n) is 13.5. The minimum atomic E-state index is -1.78. The molecule has 25 N–H and O–H groups in total. The number of aliphatic imine (C=N–C) groups is 2. The van der Waals surface area contributed by atoms with Crippen LogP contribution in [0.3, 0.4) is 0 Å². The fraction of sp³-hybridized carbons (Fsp3) is 0.636. The summed E-state index contributed by atoms with van der Waals surface area (Å²) in [6.45, 7) is 9.67. The Morgan fingerprint density at radius 2 is 1.00 bits per heavy atom. The molecule has 0 radical (unpaired) electrons. The highest BCUT2D eigenvalue weighted by molar-refractivity contribution is 5.99. The molecule has 0 aliphatic carbocycles. The molecule has 0 aromatic heterocycles. The predicted molar refractivity (Wildman–Crippen MR) is 321 cm³/mol. The third-order valence-corrected chi connectivity index (χ3v) is 13.5. The molecule has 10 atom stereocenters. The Morgan fingerprint density at radius 3 is 1.49 bits per heavy atom. The zero-order valence-corrected chi connectivity index (χ0v) is 50.6. The number of aliphatic carboxylic acids is 2. The number of nitrogens with zero attached hydrogens (tertiary/aromatic N) is 2. The second kappa shape index (κ2) is 40.6. The molecule has 0 spiro atoms. The molecule has 1 rings (SSSR count). The summed E-state index contributed by atoms with van der Waals surface area (Å²) in [6, 6.07) is -4.30. The summed E-state index contributed by atoms with van der Waals surface area (Å²) in [7, 11) is 0. The van der Waals surface area contributed by atoms with Crippen molar-refractivity contribution in [3.8, 4) is 0 Å². The number of carbonyl (C=O) groups is 12. The molecule has 0 heterocycles. The van der Waals surface area contributed by atoms with E-state index in [1.807, 2.05) is 0 Å². The number of carbonyl (C=O) groups excluding carboxylic acids is 10. The van der Waals surface area contributed by atoms with Crippen molar-refractivity contribution in [1.82, 2.24) is 47.9 Å². The Hall–Kier alpha value is -8.68. The lowest BCUT2D eigenvalue weighted by molar-refractivity contribution is -0.144. The molecular weight excluding hydrogens is 1140 g/mol. The summed E-state index contributed by atoms with van der Waals surface area (Å²) in [6.07, 6.45) is -0.269. The number of nitrogens with two attached hydrogens (primary N) is 7. The van der Waals surface area contributed by atoms with Crippen molar-refractivity contribution in [1.29, 1.82) is 0 Å². The van der Waals surface area contributed by atoms with Crippen molar-refractivity contribution in [2.45, 2.75) is 179 Å². The molecule has 1 aromatic carbocycles. The molecule has 87 heavy (non-hydrogen) atoms. The number of rotatable bonds is 43. The Labute approximate surface area is 506 Å². The number of carboxylic acid groups (broad SMARTS) is 2. The van der Waals surface area contributed by atoms with Gasteiger partial charge in [-0.3, -0.25) is 62.7 Å². The third kappa shape index (κ3) is 31.3. The van der Waals surface area contributed by atoms with Gasteiger partial charge < -0.3 is 98.2 Å². The van der Waals surface area contributed by atoms with E-state index in [9.17, 15) is 62.6 Å². The van der Waals surface area contributed by atoms with Gasteiger partial charge in [-0.05, 0) is 87.6 Å². The predicted octanol–water partition coefficient (Wildman–Crippen LogP) is -4.64. The van der Waals surface area contributed by atoms with Crippen LogP contribution < -0.4 is 88.0 Å². The molecule has 0 bridgehead atoms. The minimum Gasteiger partial charge on any atom is -0.481 e. The molecule has 0 fully saturated rings. The Morgan fingerprint density at radius 1 is 0.529 bits per heavy atom. The van der Waals surface area contributed by atoms with Crippen LogP contribution in [0.2, 0.25) is 0 Å². The maximum Gasteiger partial charge on any atom is 0.326 e. The van der Waals surface area contributed by atoms with Crippen LogP contribution in [0, 0.1) is 17.8 Å². The lowest BCUT2D eigenvalue weighted by Gasteiger charge is -2.29. The van der Waals surface area contributed by atoms with E-state index >= 15 is 0 Å². The average Bonchev–Trinajstić information content (AvgIpc) is 3.38. The van der Waals surface area contributed by atoms with Crippen molar-refractivity contribution in [2.75, 3.05) is 26.2 Å². The highest BCUT2D eigenvalue weighted by Gasteiger charge is 2.36. The summed E-state index contributed by atoms with van der Waals surface area (Å²) < 4.78 is 0. The van der Waals surface area contributed by atoms with Crippen molar-refractivity contribution >= 4 is 82.9 Å². The van der Waals surface area contributed by atoms with E-state index in [1.165, 1.54) is 0 Å². The largest absolute Gasteiger partial charge is 0.481 e. The highest BCUT2D eigenvalue weighted by atomic mass is 16.4. The number of benzene rings is 1. The van der Waals surface area contributed by atoms with Gasteiger partial charge in [0.2, 0.25) is 59.1 Å². The van der Waals surface area contributed by atoms with E-state index in [0.717, 1.165) is 0 Å². The van der Waals surface area contributed by atoms with Gasteiger partial charge in [0, 0.05) is 25.9 Å². The van der Waals surface area contributed by atoms with Crippen molar-refractivity contribution < 1.29 is 67.7 Å². The molecule has 0 aliphatic heterocycles. The first kappa shape index (κ1) is 76.3. The number of primary amides is 1. The average molecular weight is 1230 g/mol. The van der Waals surface area contributed by atoms with Crippen LogP contribution in [0.1, 0.15) is 124 Å². The van der Waals surface area contributed by atoms with Crippen LogP contribution in [-0.4, -0.2) is 174 Å². The molecule has 10 amide bonds. The van der Waals surface area contributed by atoms with Gasteiger partial charge in [-0.2, -0.15) is 0 Å². The lowest BCUT2D eigenvalue weighted by Crippen LogP contribution is -2.61. The first-order chi connectivity index (χ1) is 40.9. The number of amides is 10. The molecular formula is C55H94N18O14. The van der Waals surface area contributed by atoms with Crippen LogP contribution in [0.5, 0.6) is 0 Å². The zero-order valence-electron chi connectivity index (χ0n) is 50.6. The first-order valence-corrected chi connectivity index (χ1v) is 28.9. The second-order valence-corrected chi connectivity index (χ2v) is 21.8. The molecule has 1 aromatic rings. The first-order valence-electron chi connectivity index (χ1n) is 28.9. The van der Waals surface area contributed by atoms with E-state index in [4.69, 9.17) is 45.2 Å². The maximum absolute atomic E-state index is 14.4. The van der Waals surface area contributed by atoms with Gasteiger partial charge in [0.05, 0.1) is 19.0 Å². The van der Waals surface area contributed by atoms with Gasteiger partial charge in [-0.25, -0.2) is 4.79 Å². The van der Waals surface area contributed by atoms with Gasteiger partial charge in [0.15, 0.2) is 11.9 Å². The van der Waals surface area contributed by atoms with Crippen LogP contribution >= 0.6 is 0 Å². The van der Waals surface area contributed by atoms with Crippen LogP contribution in [-0.2, 0) is 64.0 Å². The summed E-state index contributed by atoms with van der Waals surface area (Å²) in [5.74, 6) is -13.5. The molecule has 488 valence electrons. The quantitative estimate of drug-likeness (QED) is 0.0166. The van der Waals surface area contributed by atoms with Crippen LogP contribution in [0.4, 0.5) is 0 Å². The second-order valence-electron chi connectivity index (χ2n) is 21.8. The number of nitrogens with one attached hydrogen (secondary N) is 9. The number of carboxylic acids is 2. The van der Waals surface area contributed by atoms with Gasteiger partial charge in [0.1, 0.15) is 48.3 Å². The number of hydrogen-bond donors (Lipinski definition) is 18. The number of unbranched alkanes of at least 4 members (excludes halogenated alkanes) is 1. The Kier molecular flexibility index (Phi) is 35.6. The zero-order chi connectivity index (χ0) is 65.9. The summed E-state index contributed by atoms with van der Waals surface area (Å²) >= 11 is 0. The summed E-state index contributed by atoms with van der Waals surface area (Å²) in [4.78, 5) is 168. The Balaban J connectivity index is 3.56. The minimum absolute atomic E-state index is 0.0109. The van der Waals surface area contributed by atoms with Crippen molar-refractivity contribution in [2.24, 2.45) is 67.9 Å². The molecule has 32 nitrogen and oxygen atoms in total. The Bertz CT molecular complexity index is 2510. The van der Waals surface area contributed by atoms with E-state index in [-0.39, 0.29) is 82.3 Å². The SMILES string of the molecule is CC[C@H](C)[C@H](NC(=O)[C@H](CCCCN)NC(=O)CNC(=O)[C@H](CC(C)C)NC(=O)[C@H](Cc1ccccc1)NC(=O)[C@H](CC(N)=O)NC(=O)[C@@H](NC(=O)[C@H](CCCN=C(N)N)NC(=O)[C@H](CCCN=C(N)N)NC(=O)[C@@H](N)CCC(=O)O)C(C)C)C(=O)O. The smallest absolute Gasteiger partial charge is 0.326 e. The van der Waals surface area contributed by atoms with Gasteiger partial charge in [0.25, 0.3) is 0 Å². The molecule has 0 saturated carbocycles. The van der Waals surface area contributed by atoms with Crippen molar-refractivity contribution in [3.63, 3.8) is 0 Å². The molecule has 0 aliphatic rings. The van der Waals surface area contributed by atoms with E-state index in [1.54, 1.807) is 71.9 Å². The molecule has 32 heteroatoms. The molecule has 0 unspecified atom stereocenters. The summed E-state index contributed by atoms with van der Waals surface area (Å²) in [5.41, 5.74) is 39.5. The topological polar surface area (TPSA) is 560 Å². The summed E-state index contributed by atoms with van der Waals surface area (Å²) in [5, 5.41) is 41.7. The van der Waals surface area contributed by atoms with Crippen LogP contribution in [0.25, 0.3) is 0 Å². The highest BCUT2D eigenvalue weighted by Crippen LogP contribution is 2.13. The fourth-order valence-corrected chi connectivity index (χ4v) is 8.51. The normalized spacial score (nSPS) is 14.5. The van der Waals surface area contributed by atoms with E-state index in [2.05, 4.69) is 57.8 Å². The van der Waals surface area contributed by atoms with E-state index < -0.39 is 157 Å². The molecule has 0 saturated heterocycles.